The van der Waals surface area contributed by atoms with Gasteiger partial charge in [0.25, 0.3) is 5.88 Å². The van der Waals surface area contributed by atoms with Crippen LogP contribution in [-0.2, 0) is 15.4 Å². The molecule has 1 heterocycles. The molecule has 6 heteroatoms. The van der Waals surface area contributed by atoms with Crippen molar-refractivity contribution in [3.05, 3.63) is 47.5 Å². The van der Waals surface area contributed by atoms with Crippen LogP contribution in [0, 0.1) is 5.92 Å². The first-order valence-electron chi connectivity index (χ1n) is 13.9. The maximum atomic E-state index is 15.7. The van der Waals surface area contributed by atoms with Gasteiger partial charge in [0.05, 0.1) is 19.4 Å². The second-order valence-electron chi connectivity index (χ2n) is 9.98. The topological polar surface area (TPSA) is 34.1 Å². The molecule has 1 fully saturated rings. The van der Waals surface area contributed by atoms with E-state index in [2.05, 4.69) is 11.9 Å². The predicted octanol–water partition coefficient (Wildman–Crippen LogP) is 8.74. The number of halogens is 2. The number of aliphatic imine (C=N–C) groups is 1. The third-order valence-electron chi connectivity index (χ3n) is 7.12. The molecule has 2 aliphatic rings. The van der Waals surface area contributed by atoms with Gasteiger partial charge < -0.3 is 9.47 Å². The van der Waals surface area contributed by atoms with Gasteiger partial charge in [-0.15, -0.1) is 5.12 Å². The predicted molar refractivity (Wildman–Crippen MR) is 138 cm³/mol. The van der Waals surface area contributed by atoms with Gasteiger partial charge in [-0.1, -0.05) is 125 Å². The van der Waals surface area contributed by atoms with Crippen molar-refractivity contribution >= 4 is 6.21 Å². The number of hydrogen-bond donors (Lipinski definition) is 0. The third kappa shape index (κ3) is 8.50. The number of unbranched alkanes of at least 4 members (excludes halogenated alkanes) is 8. The average molecular weight is 491 g/mol. The quantitative estimate of drug-likeness (QED) is 0.124. The lowest BCUT2D eigenvalue weighted by atomic mass is 9.99. The molecule has 35 heavy (non-hydrogen) atoms. The maximum absolute atomic E-state index is 15.7. The molecular formula is C29H44F2N2O2. The SMILES string of the molecule is CCCCCCCOC1=C(OCCCCCCCC2CCCC2)N(F)C(F)(c2ccccc2)N=C1. The molecule has 1 saturated carbocycles. The summed E-state index contributed by atoms with van der Waals surface area (Å²) in [4.78, 5) is 3.88. The van der Waals surface area contributed by atoms with Crippen molar-refractivity contribution in [1.29, 1.82) is 0 Å². The van der Waals surface area contributed by atoms with Crippen LogP contribution in [0.15, 0.2) is 47.0 Å². The smallest absolute Gasteiger partial charge is 0.333 e. The molecule has 1 aliphatic carbocycles. The van der Waals surface area contributed by atoms with E-state index in [0.29, 0.717) is 13.2 Å². The number of benzene rings is 1. The molecule has 0 saturated heterocycles. The Morgan fingerprint density at radius 3 is 2.23 bits per heavy atom. The molecule has 0 bridgehead atoms. The molecule has 1 unspecified atom stereocenters. The zero-order valence-electron chi connectivity index (χ0n) is 21.5. The van der Waals surface area contributed by atoms with E-state index in [1.165, 1.54) is 76.1 Å². The summed E-state index contributed by atoms with van der Waals surface area (Å²) in [6.07, 6.45) is 19.2. The molecule has 3 rings (SSSR count). The monoisotopic (exact) mass is 490 g/mol. The Balaban J connectivity index is 1.49. The van der Waals surface area contributed by atoms with Gasteiger partial charge in [-0.05, 0) is 18.8 Å². The number of nitrogens with zero attached hydrogens (tertiary/aromatic N) is 2. The van der Waals surface area contributed by atoms with Gasteiger partial charge in [-0.25, -0.2) is 4.99 Å². The van der Waals surface area contributed by atoms with Crippen LogP contribution in [0.5, 0.6) is 0 Å². The fraction of sp³-hybridized carbons (Fsp3) is 0.690. The van der Waals surface area contributed by atoms with Crippen LogP contribution < -0.4 is 0 Å². The summed E-state index contributed by atoms with van der Waals surface area (Å²) in [7, 11) is 0. The largest absolute Gasteiger partial charge is 0.487 e. The minimum Gasteiger partial charge on any atom is -0.487 e. The zero-order chi connectivity index (χ0) is 24.8. The van der Waals surface area contributed by atoms with E-state index in [0.717, 1.165) is 44.4 Å². The van der Waals surface area contributed by atoms with Gasteiger partial charge in [0, 0.05) is 5.56 Å². The van der Waals surface area contributed by atoms with Crippen LogP contribution in [0.4, 0.5) is 8.87 Å². The van der Waals surface area contributed by atoms with E-state index in [1.807, 2.05) is 0 Å². The lowest BCUT2D eigenvalue weighted by Crippen LogP contribution is -2.39. The molecule has 1 aromatic carbocycles. The van der Waals surface area contributed by atoms with Crippen molar-refractivity contribution < 1.29 is 18.3 Å². The van der Waals surface area contributed by atoms with Gasteiger partial charge in [-0.3, -0.25) is 0 Å². The van der Waals surface area contributed by atoms with Crippen LogP contribution in [0.3, 0.4) is 0 Å². The fourth-order valence-electron chi connectivity index (χ4n) is 4.97. The molecule has 0 N–H and O–H groups in total. The Bertz CT molecular complexity index is 780. The van der Waals surface area contributed by atoms with Crippen LogP contribution in [-0.4, -0.2) is 24.6 Å². The highest BCUT2D eigenvalue weighted by Crippen LogP contribution is 2.39. The Kier molecular flexibility index (Phi) is 11.9. The molecule has 0 radical (unpaired) electrons. The molecule has 196 valence electrons. The van der Waals surface area contributed by atoms with Crippen molar-refractivity contribution in [1.82, 2.24) is 5.12 Å². The normalized spacial score (nSPS) is 20.6. The van der Waals surface area contributed by atoms with Gasteiger partial charge in [0.1, 0.15) is 0 Å². The van der Waals surface area contributed by atoms with Gasteiger partial charge in [0.15, 0.2) is 5.76 Å². The van der Waals surface area contributed by atoms with E-state index in [1.54, 1.807) is 18.2 Å². The Labute approximate surface area is 210 Å². The van der Waals surface area contributed by atoms with Crippen LogP contribution in [0.1, 0.15) is 109 Å². The van der Waals surface area contributed by atoms with Gasteiger partial charge in [0.2, 0.25) is 0 Å². The standard InChI is InChI=1S/C29H44F2N2O2/c1-2-3-4-7-15-22-34-27-24-32-29(30,26-20-11-9-12-21-26)33(31)28(27)35-23-16-8-5-6-10-17-25-18-13-14-19-25/h9,11-12,20-21,24-25H,2-8,10,13-19,22-23H2,1H3. The summed E-state index contributed by atoms with van der Waals surface area (Å²) in [5.41, 5.74) is 0.112. The number of allylic oxidation sites excluding steroid dienone is 1. The lowest BCUT2D eigenvalue weighted by molar-refractivity contribution is -0.174. The molecule has 1 aliphatic heterocycles. The third-order valence-corrected chi connectivity index (χ3v) is 7.12. The van der Waals surface area contributed by atoms with Crippen LogP contribution >= 0.6 is 0 Å². The molecule has 0 amide bonds. The first-order chi connectivity index (χ1) is 17.1. The summed E-state index contributed by atoms with van der Waals surface area (Å²) in [5, 5.41) is -0.0175. The molecule has 4 nitrogen and oxygen atoms in total. The molecule has 1 aromatic rings. The van der Waals surface area contributed by atoms with Crippen molar-refractivity contribution in [3.8, 4) is 0 Å². The van der Waals surface area contributed by atoms with Crippen molar-refractivity contribution in [3.63, 3.8) is 0 Å². The highest BCUT2D eigenvalue weighted by molar-refractivity contribution is 5.78. The Morgan fingerprint density at radius 1 is 0.886 bits per heavy atom. The van der Waals surface area contributed by atoms with Crippen molar-refractivity contribution in [2.75, 3.05) is 13.2 Å². The molecular weight excluding hydrogens is 446 g/mol. The molecule has 0 aromatic heterocycles. The van der Waals surface area contributed by atoms with E-state index in [-0.39, 0.29) is 22.3 Å². The lowest BCUT2D eigenvalue weighted by Gasteiger charge is -2.33. The van der Waals surface area contributed by atoms with Gasteiger partial charge >= 0.3 is 5.92 Å². The minimum atomic E-state index is -2.66. The highest BCUT2D eigenvalue weighted by Gasteiger charge is 2.46. The minimum absolute atomic E-state index is 0.0175. The van der Waals surface area contributed by atoms with Gasteiger partial charge in [-0.2, -0.15) is 4.39 Å². The second-order valence-corrected chi connectivity index (χ2v) is 9.98. The van der Waals surface area contributed by atoms with E-state index < -0.39 is 5.92 Å². The summed E-state index contributed by atoms with van der Waals surface area (Å²) < 4.78 is 42.7. The first-order valence-corrected chi connectivity index (χ1v) is 13.9. The Hall–Kier alpha value is -2.11. The fourth-order valence-corrected chi connectivity index (χ4v) is 4.97. The molecule has 1 atom stereocenters. The summed E-state index contributed by atoms with van der Waals surface area (Å²) in [6.45, 7) is 2.92. The van der Waals surface area contributed by atoms with Crippen molar-refractivity contribution in [2.24, 2.45) is 10.9 Å². The van der Waals surface area contributed by atoms with Crippen LogP contribution in [0.2, 0.25) is 0 Å². The molecule has 0 spiro atoms. The number of alkyl halides is 1. The first kappa shape index (κ1) is 27.5. The maximum Gasteiger partial charge on any atom is 0.333 e. The second kappa shape index (κ2) is 15.1. The van der Waals surface area contributed by atoms with Crippen LogP contribution in [0.25, 0.3) is 0 Å². The summed E-state index contributed by atoms with van der Waals surface area (Å²) in [6, 6.07) is 8.13. The number of ether oxygens (including phenoxy) is 2. The van der Waals surface area contributed by atoms with Crippen molar-refractivity contribution in [2.45, 2.75) is 109 Å². The average Bonchev–Trinajstić information content (AvgIpc) is 3.40. The van der Waals surface area contributed by atoms with E-state index >= 15 is 8.87 Å². The van der Waals surface area contributed by atoms with E-state index in [4.69, 9.17) is 9.47 Å². The Morgan fingerprint density at radius 2 is 1.51 bits per heavy atom. The highest BCUT2D eigenvalue weighted by atomic mass is 19.2. The summed E-state index contributed by atoms with van der Waals surface area (Å²) >= 11 is 0. The summed E-state index contributed by atoms with van der Waals surface area (Å²) in [5.74, 6) is -1.78. The zero-order valence-corrected chi connectivity index (χ0v) is 21.5. The van der Waals surface area contributed by atoms with E-state index in [9.17, 15) is 0 Å². The number of rotatable bonds is 17. The number of hydrogen-bond acceptors (Lipinski definition) is 4.